The molecular formula is C19H17N6O6S2-. The molecule has 1 aromatic carbocycles. The smallest absolute Gasteiger partial charge is 0.294 e. The number of amides is 2. The summed E-state index contributed by atoms with van der Waals surface area (Å²) in [5.74, 6) is -2.17. The van der Waals surface area contributed by atoms with Crippen LogP contribution in [0.1, 0.15) is 11.7 Å². The molecule has 12 nitrogen and oxygen atoms in total. The first-order chi connectivity index (χ1) is 15.9. The van der Waals surface area contributed by atoms with Crippen LogP contribution in [0.2, 0.25) is 0 Å². The highest BCUT2D eigenvalue weighted by atomic mass is 32.2. The molecule has 0 radical (unpaired) electrons. The molecule has 1 N–H and O–H groups in total. The van der Waals surface area contributed by atoms with Crippen LogP contribution >= 0.6 is 23.5 Å². The van der Waals surface area contributed by atoms with E-state index in [1.807, 2.05) is 0 Å². The zero-order valence-electron chi connectivity index (χ0n) is 17.1. The number of hydrogen-bond acceptors (Lipinski definition) is 11. The van der Waals surface area contributed by atoms with Gasteiger partial charge in [-0.25, -0.2) is 4.68 Å². The van der Waals surface area contributed by atoms with E-state index in [0.29, 0.717) is 22.0 Å². The second kappa shape index (κ2) is 9.62. The SMILES string of the molecule is Cn1nnnc1SCC1=C(C(=O)[O-])N2C(=O)[C@@H](NC(=O)[C@H](OC=O)c3ccccc3)[C@H]2SC1. The summed E-state index contributed by atoms with van der Waals surface area (Å²) in [5.41, 5.74) is 0.726. The Morgan fingerprint density at radius 1 is 1.39 bits per heavy atom. The maximum atomic E-state index is 12.8. The molecule has 2 aliphatic rings. The number of benzene rings is 1. The highest BCUT2D eigenvalue weighted by Gasteiger charge is 2.53. The fourth-order valence-corrected chi connectivity index (χ4v) is 5.82. The molecule has 3 heterocycles. The van der Waals surface area contributed by atoms with Gasteiger partial charge in [0.15, 0.2) is 0 Å². The van der Waals surface area contributed by atoms with Crippen molar-refractivity contribution < 1.29 is 29.0 Å². The summed E-state index contributed by atoms with van der Waals surface area (Å²) in [5, 5.41) is 25.4. The van der Waals surface area contributed by atoms with Crippen molar-refractivity contribution in [1.82, 2.24) is 30.4 Å². The number of ether oxygens (including phenoxy) is 1. The van der Waals surface area contributed by atoms with Gasteiger partial charge in [-0.2, -0.15) is 0 Å². The molecule has 1 aromatic heterocycles. The van der Waals surface area contributed by atoms with Gasteiger partial charge in [0, 0.05) is 24.1 Å². The summed E-state index contributed by atoms with van der Waals surface area (Å²) in [7, 11) is 1.66. The maximum absolute atomic E-state index is 12.8. The van der Waals surface area contributed by atoms with Crippen LogP contribution in [0.5, 0.6) is 0 Å². The van der Waals surface area contributed by atoms with E-state index in [0.717, 1.165) is 4.90 Å². The third kappa shape index (κ3) is 4.43. The van der Waals surface area contributed by atoms with Gasteiger partial charge in [0.05, 0.1) is 11.7 Å². The van der Waals surface area contributed by atoms with Crippen molar-refractivity contribution in [3.8, 4) is 0 Å². The highest BCUT2D eigenvalue weighted by Crippen LogP contribution is 2.41. The monoisotopic (exact) mass is 489 g/mol. The minimum Gasteiger partial charge on any atom is -0.543 e. The molecular weight excluding hydrogens is 472 g/mol. The Bertz CT molecular complexity index is 1120. The van der Waals surface area contributed by atoms with Gasteiger partial charge in [0.1, 0.15) is 11.4 Å². The summed E-state index contributed by atoms with van der Waals surface area (Å²) in [4.78, 5) is 49.5. The van der Waals surface area contributed by atoms with Crippen molar-refractivity contribution in [3.63, 3.8) is 0 Å². The Morgan fingerprint density at radius 3 is 2.79 bits per heavy atom. The van der Waals surface area contributed by atoms with E-state index < -0.39 is 35.3 Å². The van der Waals surface area contributed by atoms with Gasteiger partial charge in [0.2, 0.25) is 11.3 Å². The summed E-state index contributed by atoms with van der Waals surface area (Å²) < 4.78 is 6.38. The van der Waals surface area contributed by atoms with E-state index in [1.165, 1.54) is 28.2 Å². The fraction of sp³-hybridized carbons (Fsp3) is 0.316. The van der Waals surface area contributed by atoms with E-state index >= 15 is 0 Å². The lowest BCUT2D eigenvalue weighted by Gasteiger charge is -2.51. The van der Waals surface area contributed by atoms with E-state index in [4.69, 9.17) is 4.74 Å². The number of carboxylic acids is 1. The molecule has 0 bridgehead atoms. The van der Waals surface area contributed by atoms with E-state index in [2.05, 4.69) is 20.8 Å². The molecule has 14 heteroatoms. The quantitative estimate of drug-likeness (QED) is 0.251. The number of aliphatic carboxylic acids is 1. The minimum atomic E-state index is -1.48. The molecule has 2 aromatic rings. The highest BCUT2D eigenvalue weighted by molar-refractivity contribution is 8.01. The minimum absolute atomic E-state index is 0.162. The lowest BCUT2D eigenvalue weighted by atomic mass is 10.0. The Labute approximate surface area is 195 Å². The Morgan fingerprint density at radius 2 is 2.15 bits per heavy atom. The first-order valence-electron chi connectivity index (χ1n) is 9.60. The largest absolute Gasteiger partial charge is 0.543 e. The van der Waals surface area contributed by atoms with Crippen LogP contribution in [-0.2, 0) is 31.0 Å². The number of nitrogens with zero attached hydrogens (tertiary/aromatic N) is 5. The van der Waals surface area contributed by atoms with Gasteiger partial charge < -0.3 is 20.0 Å². The summed E-state index contributed by atoms with van der Waals surface area (Å²) >= 11 is 2.55. The zero-order valence-corrected chi connectivity index (χ0v) is 18.7. The molecule has 33 heavy (non-hydrogen) atoms. The van der Waals surface area contributed by atoms with E-state index in [1.54, 1.807) is 37.4 Å². The van der Waals surface area contributed by atoms with Crippen LogP contribution < -0.4 is 10.4 Å². The van der Waals surface area contributed by atoms with E-state index in [-0.39, 0.29) is 17.9 Å². The first kappa shape index (κ1) is 22.8. The van der Waals surface area contributed by atoms with Crippen molar-refractivity contribution >= 4 is 47.8 Å². The van der Waals surface area contributed by atoms with Crippen molar-refractivity contribution in [2.45, 2.75) is 22.7 Å². The number of rotatable bonds is 9. The third-order valence-corrected chi connectivity index (χ3v) is 7.46. The van der Waals surface area contributed by atoms with Gasteiger partial charge in [0.25, 0.3) is 18.3 Å². The number of nitrogens with one attached hydrogen (secondary N) is 1. The van der Waals surface area contributed by atoms with Gasteiger partial charge in [-0.15, -0.1) is 16.9 Å². The number of carboxylic acid groups (broad SMARTS) is 1. The summed E-state index contributed by atoms with van der Waals surface area (Å²) in [6.07, 6.45) is -1.23. The molecule has 4 rings (SSSR count). The molecule has 0 aliphatic carbocycles. The zero-order chi connectivity index (χ0) is 23.5. The van der Waals surface area contributed by atoms with E-state index in [9.17, 15) is 24.3 Å². The number of aryl methyl sites for hydroxylation is 1. The van der Waals surface area contributed by atoms with Crippen molar-refractivity contribution in [2.24, 2.45) is 7.05 Å². The number of tetrazole rings is 1. The number of thioether (sulfide) groups is 2. The number of carbonyl (C=O) groups is 4. The number of β-lactam (4-membered cyclic amide) rings is 1. The fourth-order valence-electron chi connectivity index (χ4n) is 3.48. The van der Waals surface area contributed by atoms with Crippen molar-refractivity contribution in [3.05, 3.63) is 47.2 Å². The molecule has 1 fully saturated rings. The molecule has 2 amide bonds. The van der Waals surface area contributed by atoms with Crippen LogP contribution in [-0.4, -0.2) is 72.3 Å². The lowest BCUT2D eigenvalue weighted by molar-refractivity contribution is -0.301. The van der Waals surface area contributed by atoms with Crippen LogP contribution in [0.3, 0.4) is 0 Å². The topological polar surface area (TPSA) is 159 Å². The molecule has 0 spiro atoms. The van der Waals surface area contributed by atoms with Crippen LogP contribution in [0.4, 0.5) is 0 Å². The second-order valence-corrected chi connectivity index (χ2v) is 9.08. The first-order valence-corrected chi connectivity index (χ1v) is 11.6. The Hall–Kier alpha value is -3.39. The molecule has 0 unspecified atom stereocenters. The van der Waals surface area contributed by atoms with Crippen molar-refractivity contribution in [1.29, 1.82) is 0 Å². The Balaban J connectivity index is 1.48. The normalized spacial score (nSPS) is 20.5. The molecule has 2 aliphatic heterocycles. The van der Waals surface area contributed by atoms with Crippen molar-refractivity contribution in [2.75, 3.05) is 11.5 Å². The van der Waals surface area contributed by atoms with Gasteiger partial charge in [-0.05, 0) is 16.0 Å². The number of hydrogen-bond donors (Lipinski definition) is 1. The van der Waals surface area contributed by atoms with Crippen LogP contribution in [0, 0.1) is 0 Å². The number of carbonyl (C=O) groups excluding carboxylic acids is 4. The molecule has 172 valence electrons. The number of aromatic nitrogens is 4. The average Bonchev–Trinajstić information content (AvgIpc) is 3.23. The van der Waals surface area contributed by atoms with Gasteiger partial charge >= 0.3 is 0 Å². The third-order valence-electron chi connectivity index (χ3n) is 5.03. The Kier molecular flexibility index (Phi) is 6.65. The molecule has 3 atom stereocenters. The maximum Gasteiger partial charge on any atom is 0.294 e. The standard InChI is InChI=1S/C19H18N6O6S2/c1-24-19(21-22-23-24)33-8-11-7-32-17-12(16(28)25(17)13(11)18(29)30)20-15(27)14(31-9-26)10-5-3-2-4-6-10/h2-6,9,12,14,17H,7-8H2,1H3,(H,20,27)(H,29,30)/p-1/t12-,14-,17-/m1/s1. The predicted molar refractivity (Wildman–Crippen MR) is 113 cm³/mol. The lowest BCUT2D eigenvalue weighted by Crippen LogP contribution is -2.71. The van der Waals surface area contributed by atoms with Crippen LogP contribution in [0.15, 0.2) is 46.8 Å². The van der Waals surface area contributed by atoms with Gasteiger partial charge in [-0.1, -0.05) is 42.1 Å². The summed E-state index contributed by atoms with van der Waals surface area (Å²) in [6.45, 7) is 0.162. The number of fused-ring (bicyclic) bond motifs is 1. The molecule has 1 saturated heterocycles. The summed E-state index contributed by atoms with van der Waals surface area (Å²) in [6, 6.07) is 7.39. The average molecular weight is 490 g/mol. The second-order valence-electron chi connectivity index (χ2n) is 7.03. The predicted octanol–water partition coefficient (Wildman–Crippen LogP) is -1.38. The van der Waals surface area contributed by atoms with Gasteiger partial charge in [-0.3, -0.25) is 19.3 Å². The van der Waals surface area contributed by atoms with Crippen LogP contribution in [0.25, 0.3) is 0 Å². The molecule has 0 saturated carbocycles.